The Kier molecular flexibility index (Phi) is 5.67. The molecule has 6 nitrogen and oxygen atoms in total. The molecule has 0 atom stereocenters. The summed E-state index contributed by atoms with van der Waals surface area (Å²) in [4.78, 5) is 11.0. The summed E-state index contributed by atoms with van der Waals surface area (Å²) in [5, 5.41) is 11.3. The van der Waals surface area contributed by atoms with Crippen molar-refractivity contribution in [3.05, 3.63) is 24.3 Å². The Bertz CT molecular complexity index is 603. The van der Waals surface area contributed by atoms with E-state index in [1.807, 2.05) is 13.0 Å². The maximum Gasteiger partial charge on any atom is 0.244 e. The minimum absolute atomic E-state index is 0.107. The fraction of sp³-hybridized carbons (Fsp3) is 0.385. The highest BCUT2D eigenvalue weighted by Gasteiger charge is 2.23. The van der Waals surface area contributed by atoms with Crippen LogP contribution in [-0.2, 0) is 14.8 Å². The summed E-state index contributed by atoms with van der Waals surface area (Å²) >= 11 is 0. The number of sulfonamides is 1. The molecule has 0 radical (unpaired) electrons. The molecule has 0 fully saturated rings. The molecule has 1 amide bonds. The van der Waals surface area contributed by atoms with E-state index in [-0.39, 0.29) is 17.3 Å². The lowest BCUT2D eigenvalue weighted by Gasteiger charge is -2.18. The van der Waals surface area contributed by atoms with Crippen molar-refractivity contribution in [2.24, 2.45) is 0 Å². The van der Waals surface area contributed by atoms with E-state index in [1.54, 1.807) is 0 Å². The molecule has 7 heteroatoms. The number of hydrogen-bond donors (Lipinski definition) is 1. The highest BCUT2D eigenvalue weighted by molar-refractivity contribution is 7.89. The van der Waals surface area contributed by atoms with Crippen LogP contribution in [0.2, 0.25) is 0 Å². The Balaban J connectivity index is 3.02. The second-order valence-electron chi connectivity index (χ2n) is 4.20. The van der Waals surface area contributed by atoms with Crippen LogP contribution in [0.15, 0.2) is 29.2 Å². The molecular weight excluding hydrogens is 278 g/mol. The van der Waals surface area contributed by atoms with Gasteiger partial charge in [-0.15, -0.1) is 0 Å². The fourth-order valence-corrected chi connectivity index (χ4v) is 3.10. The number of hydrogen-bond acceptors (Lipinski definition) is 4. The van der Waals surface area contributed by atoms with E-state index in [0.29, 0.717) is 18.7 Å². The summed E-state index contributed by atoms with van der Waals surface area (Å²) in [6.07, 6.45) is 0.630. The monoisotopic (exact) mass is 295 g/mol. The summed E-state index contributed by atoms with van der Waals surface area (Å²) in [5.41, 5.74) is 0.527. The molecule has 0 aliphatic heterocycles. The molecule has 108 valence electrons. The largest absolute Gasteiger partial charge is 0.326 e. The average Bonchev–Trinajstić information content (AvgIpc) is 2.38. The molecule has 1 aromatic carbocycles. The van der Waals surface area contributed by atoms with Crippen LogP contribution >= 0.6 is 0 Å². The van der Waals surface area contributed by atoms with E-state index in [0.717, 1.165) is 4.31 Å². The Labute approximate surface area is 119 Å². The number of rotatable bonds is 6. The molecular formula is C13H17N3O3S. The fourth-order valence-electron chi connectivity index (χ4n) is 1.68. The SMILES string of the molecule is CCCN(CC#N)S(=O)(=O)c1ccc(NC(C)=O)cc1. The standard InChI is InChI=1S/C13H17N3O3S/c1-3-9-16(10-8-14)20(18,19)13-6-4-12(5-7-13)15-11(2)17/h4-7H,3,9-10H2,1-2H3,(H,15,17). The van der Waals surface area contributed by atoms with Crippen LogP contribution in [-0.4, -0.2) is 31.7 Å². The third kappa shape index (κ3) is 4.05. The second-order valence-corrected chi connectivity index (χ2v) is 6.14. The lowest BCUT2D eigenvalue weighted by molar-refractivity contribution is -0.114. The van der Waals surface area contributed by atoms with E-state index < -0.39 is 10.0 Å². The van der Waals surface area contributed by atoms with Crippen molar-refractivity contribution in [1.29, 1.82) is 5.26 Å². The predicted molar refractivity (Wildman–Crippen MR) is 75.4 cm³/mol. The molecule has 0 unspecified atom stereocenters. The van der Waals surface area contributed by atoms with Crippen LogP contribution < -0.4 is 5.32 Å². The number of amides is 1. The normalized spacial score (nSPS) is 11.1. The van der Waals surface area contributed by atoms with Crippen LogP contribution in [0.25, 0.3) is 0 Å². The number of nitrogens with zero attached hydrogens (tertiary/aromatic N) is 2. The van der Waals surface area contributed by atoms with Gasteiger partial charge in [0.25, 0.3) is 0 Å². The van der Waals surface area contributed by atoms with Crippen molar-refractivity contribution in [3.8, 4) is 6.07 Å². The first-order chi connectivity index (χ1) is 9.41. The molecule has 1 aromatic rings. The molecule has 0 bridgehead atoms. The maximum atomic E-state index is 12.3. The minimum atomic E-state index is -3.67. The molecule has 0 heterocycles. The van der Waals surface area contributed by atoms with Gasteiger partial charge in [-0.05, 0) is 30.7 Å². The first-order valence-electron chi connectivity index (χ1n) is 6.16. The highest BCUT2D eigenvalue weighted by atomic mass is 32.2. The van der Waals surface area contributed by atoms with Gasteiger partial charge < -0.3 is 5.32 Å². The number of nitrogens with one attached hydrogen (secondary N) is 1. The number of benzene rings is 1. The molecule has 20 heavy (non-hydrogen) atoms. The molecule has 0 aliphatic carbocycles. The summed E-state index contributed by atoms with van der Waals surface area (Å²) in [7, 11) is -3.67. The molecule has 0 saturated heterocycles. The van der Waals surface area contributed by atoms with Crippen LogP contribution in [0.4, 0.5) is 5.69 Å². The Morgan fingerprint density at radius 3 is 2.40 bits per heavy atom. The predicted octanol–water partition coefficient (Wildman–Crippen LogP) is 1.57. The average molecular weight is 295 g/mol. The smallest absolute Gasteiger partial charge is 0.244 e. The first kappa shape index (κ1) is 16.1. The topological polar surface area (TPSA) is 90.3 Å². The van der Waals surface area contributed by atoms with Crippen molar-refractivity contribution in [2.45, 2.75) is 25.2 Å². The van der Waals surface area contributed by atoms with Crippen molar-refractivity contribution >= 4 is 21.6 Å². The number of carbonyl (C=O) groups excluding carboxylic acids is 1. The Morgan fingerprint density at radius 1 is 1.35 bits per heavy atom. The van der Waals surface area contributed by atoms with Gasteiger partial charge in [0.1, 0.15) is 6.54 Å². The van der Waals surface area contributed by atoms with Crippen molar-refractivity contribution in [2.75, 3.05) is 18.4 Å². The van der Waals surface area contributed by atoms with Crippen LogP contribution in [0.1, 0.15) is 20.3 Å². The lowest BCUT2D eigenvalue weighted by atomic mass is 10.3. The van der Waals surface area contributed by atoms with Crippen LogP contribution in [0.5, 0.6) is 0 Å². The third-order valence-corrected chi connectivity index (χ3v) is 4.39. The van der Waals surface area contributed by atoms with Crippen LogP contribution in [0.3, 0.4) is 0 Å². The zero-order valence-electron chi connectivity index (χ0n) is 11.5. The zero-order chi connectivity index (χ0) is 15.2. The highest BCUT2D eigenvalue weighted by Crippen LogP contribution is 2.18. The molecule has 0 spiro atoms. The quantitative estimate of drug-likeness (QED) is 0.806. The summed E-state index contributed by atoms with van der Waals surface area (Å²) in [6, 6.07) is 7.73. The van der Waals surface area contributed by atoms with Gasteiger partial charge in [-0.2, -0.15) is 9.57 Å². The summed E-state index contributed by atoms with van der Waals surface area (Å²) < 4.78 is 25.8. The Hall–Kier alpha value is -1.91. The molecule has 0 aliphatic rings. The van der Waals surface area contributed by atoms with Crippen molar-refractivity contribution in [1.82, 2.24) is 4.31 Å². The molecule has 1 rings (SSSR count). The van der Waals surface area contributed by atoms with E-state index in [9.17, 15) is 13.2 Å². The summed E-state index contributed by atoms with van der Waals surface area (Å²) in [5.74, 6) is -0.224. The second kappa shape index (κ2) is 7.03. The third-order valence-electron chi connectivity index (χ3n) is 2.53. The van der Waals surface area contributed by atoms with Gasteiger partial charge in [0, 0.05) is 19.2 Å². The zero-order valence-corrected chi connectivity index (χ0v) is 12.3. The van der Waals surface area contributed by atoms with Gasteiger partial charge in [0.15, 0.2) is 0 Å². The summed E-state index contributed by atoms with van der Waals surface area (Å²) in [6.45, 7) is 3.34. The van der Waals surface area contributed by atoms with E-state index >= 15 is 0 Å². The lowest BCUT2D eigenvalue weighted by Crippen LogP contribution is -2.32. The van der Waals surface area contributed by atoms with Gasteiger partial charge >= 0.3 is 0 Å². The minimum Gasteiger partial charge on any atom is -0.326 e. The molecule has 0 aromatic heterocycles. The number of anilines is 1. The van der Waals surface area contributed by atoms with E-state index in [4.69, 9.17) is 5.26 Å². The maximum absolute atomic E-state index is 12.3. The van der Waals surface area contributed by atoms with E-state index in [1.165, 1.54) is 31.2 Å². The number of nitriles is 1. The van der Waals surface area contributed by atoms with Crippen molar-refractivity contribution < 1.29 is 13.2 Å². The first-order valence-corrected chi connectivity index (χ1v) is 7.60. The van der Waals surface area contributed by atoms with Gasteiger partial charge in [0.05, 0.1) is 11.0 Å². The van der Waals surface area contributed by atoms with Gasteiger partial charge in [-0.1, -0.05) is 6.92 Å². The molecule has 0 saturated carbocycles. The van der Waals surface area contributed by atoms with Gasteiger partial charge in [0.2, 0.25) is 15.9 Å². The van der Waals surface area contributed by atoms with Crippen molar-refractivity contribution in [3.63, 3.8) is 0 Å². The van der Waals surface area contributed by atoms with Crippen LogP contribution in [0, 0.1) is 11.3 Å². The Morgan fingerprint density at radius 2 is 1.95 bits per heavy atom. The van der Waals surface area contributed by atoms with E-state index in [2.05, 4.69) is 5.32 Å². The number of carbonyl (C=O) groups is 1. The van der Waals surface area contributed by atoms with Gasteiger partial charge in [-0.25, -0.2) is 8.42 Å². The van der Waals surface area contributed by atoms with Gasteiger partial charge in [-0.3, -0.25) is 4.79 Å². The molecule has 1 N–H and O–H groups in total.